The number of carboxylic acids is 1. The van der Waals surface area contributed by atoms with Crippen LogP contribution in [0, 0.1) is 0 Å². The number of halogens is 2. The van der Waals surface area contributed by atoms with Crippen LogP contribution in [0.15, 0.2) is 29.2 Å². The van der Waals surface area contributed by atoms with Crippen molar-refractivity contribution in [3.05, 3.63) is 50.4 Å². The number of aliphatic carboxylic acids is 1. The molecule has 3 rings (SSSR count). The number of hydrogen-bond donors (Lipinski definition) is 3. The number of nitrogens with zero attached hydrogens (tertiary/aromatic N) is 3. The van der Waals surface area contributed by atoms with Gasteiger partial charge in [-0.15, -0.1) is 0 Å². The van der Waals surface area contributed by atoms with Crippen LogP contribution in [0.25, 0.3) is 11.0 Å². The Morgan fingerprint density at radius 3 is 2.79 bits per heavy atom. The van der Waals surface area contributed by atoms with Gasteiger partial charge in [-0.1, -0.05) is 35.7 Å². The van der Waals surface area contributed by atoms with Crippen molar-refractivity contribution in [1.82, 2.24) is 19.7 Å². The van der Waals surface area contributed by atoms with E-state index in [9.17, 15) is 9.59 Å². The number of aromatic nitrogens is 4. The predicted octanol–water partition coefficient (Wildman–Crippen LogP) is 3.68. The molecule has 2 aromatic heterocycles. The van der Waals surface area contributed by atoms with Gasteiger partial charge >= 0.3 is 5.97 Å². The van der Waals surface area contributed by atoms with Gasteiger partial charge in [0.15, 0.2) is 5.52 Å². The number of anilines is 1. The zero-order chi connectivity index (χ0) is 20.1. The van der Waals surface area contributed by atoms with Gasteiger partial charge in [-0.3, -0.25) is 19.3 Å². The molecular formula is C18H19Cl2N5O3. The maximum absolute atomic E-state index is 12.5. The van der Waals surface area contributed by atoms with Gasteiger partial charge in [-0.05, 0) is 30.5 Å². The fraction of sp³-hybridized carbons (Fsp3) is 0.333. The normalized spacial score (nSPS) is 11.1. The van der Waals surface area contributed by atoms with Gasteiger partial charge in [0.2, 0.25) is 5.95 Å². The van der Waals surface area contributed by atoms with E-state index >= 15 is 0 Å². The minimum atomic E-state index is -0.800. The Hall–Kier alpha value is -2.58. The molecule has 10 heteroatoms. The molecule has 8 nitrogen and oxygen atoms in total. The van der Waals surface area contributed by atoms with E-state index in [2.05, 4.69) is 20.4 Å². The number of carbonyl (C=O) groups is 1. The summed E-state index contributed by atoms with van der Waals surface area (Å²) in [6, 6.07) is 5.29. The number of carboxylic acid groups (broad SMARTS) is 1. The lowest BCUT2D eigenvalue weighted by Crippen LogP contribution is -2.16. The fourth-order valence-electron chi connectivity index (χ4n) is 2.81. The molecule has 0 atom stereocenters. The van der Waals surface area contributed by atoms with E-state index in [1.54, 1.807) is 23.0 Å². The highest BCUT2D eigenvalue weighted by molar-refractivity contribution is 6.42. The summed E-state index contributed by atoms with van der Waals surface area (Å²) in [6.45, 7) is 0.951. The number of aryl methyl sites for hydroxylation is 1. The van der Waals surface area contributed by atoms with Crippen LogP contribution in [0.2, 0.25) is 10.0 Å². The lowest BCUT2D eigenvalue weighted by Gasteiger charge is -2.07. The maximum Gasteiger partial charge on any atom is 0.303 e. The van der Waals surface area contributed by atoms with Crippen LogP contribution in [0.1, 0.15) is 31.2 Å². The highest BCUT2D eigenvalue weighted by atomic mass is 35.5. The fourth-order valence-corrected chi connectivity index (χ4v) is 3.13. The molecule has 148 valence electrons. The molecule has 2 heterocycles. The average Bonchev–Trinajstić information content (AvgIpc) is 3.06. The second-order valence-corrected chi connectivity index (χ2v) is 7.14. The Labute approximate surface area is 170 Å². The van der Waals surface area contributed by atoms with Crippen LogP contribution >= 0.6 is 23.2 Å². The minimum absolute atomic E-state index is 0.149. The largest absolute Gasteiger partial charge is 0.481 e. The van der Waals surface area contributed by atoms with Crippen LogP contribution < -0.4 is 10.9 Å². The molecule has 0 fully saturated rings. The lowest BCUT2D eigenvalue weighted by atomic mass is 10.2. The van der Waals surface area contributed by atoms with Crippen molar-refractivity contribution in [1.29, 1.82) is 0 Å². The summed E-state index contributed by atoms with van der Waals surface area (Å²) in [4.78, 5) is 30.1. The molecule has 0 saturated carbocycles. The van der Waals surface area contributed by atoms with E-state index in [1.807, 2.05) is 6.07 Å². The first-order chi connectivity index (χ1) is 13.4. The molecule has 0 aliphatic carbocycles. The molecule has 0 spiro atoms. The van der Waals surface area contributed by atoms with E-state index in [0.29, 0.717) is 46.5 Å². The second kappa shape index (κ2) is 9.07. The van der Waals surface area contributed by atoms with E-state index < -0.39 is 5.97 Å². The van der Waals surface area contributed by atoms with Crippen molar-refractivity contribution in [3.8, 4) is 0 Å². The Morgan fingerprint density at radius 2 is 2.04 bits per heavy atom. The number of hydrogen-bond acceptors (Lipinski definition) is 5. The van der Waals surface area contributed by atoms with Gasteiger partial charge in [-0.2, -0.15) is 5.10 Å². The minimum Gasteiger partial charge on any atom is -0.481 e. The Morgan fingerprint density at radius 1 is 1.21 bits per heavy atom. The molecule has 3 N–H and O–H groups in total. The van der Waals surface area contributed by atoms with Crippen LogP contribution in [-0.4, -0.2) is 30.8 Å². The first-order valence-electron chi connectivity index (χ1n) is 8.79. The number of unbranched alkanes of at least 4 members (excludes halogenated alkanes) is 2. The number of nitrogens with one attached hydrogen (secondary N) is 2. The lowest BCUT2D eigenvalue weighted by molar-refractivity contribution is -0.137. The molecule has 28 heavy (non-hydrogen) atoms. The van der Waals surface area contributed by atoms with E-state index in [-0.39, 0.29) is 12.0 Å². The van der Waals surface area contributed by atoms with Crippen molar-refractivity contribution in [3.63, 3.8) is 0 Å². The summed E-state index contributed by atoms with van der Waals surface area (Å²) in [7, 11) is 0. The van der Waals surface area contributed by atoms with Crippen molar-refractivity contribution >= 4 is 46.2 Å². The number of fused-ring (bicyclic) bond motifs is 1. The van der Waals surface area contributed by atoms with Crippen molar-refractivity contribution in [2.75, 3.05) is 5.32 Å². The molecule has 0 unspecified atom stereocenters. The molecule has 0 bridgehead atoms. The van der Waals surface area contributed by atoms with Gasteiger partial charge in [0.05, 0.1) is 16.2 Å². The Kier molecular flexibility index (Phi) is 6.53. The van der Waals surface area contributed by atoms with Gasteiger partial charge in [-0.25, -0.2) is 4.98 Å². The predicted molar refractivity (Wildman–Crippen MR) is 108 cm³/mol. The number of aromatic amines is 1. The maximum atomic E-state index is 12.5. The molecular weight excluding hydrogens is 405 g/mol. The van der Waals surface area contributed by atoms with E-state index in [0.717, 1.165) is 18.4 Å². The van der Waals surface area contributed by atoms with Crippen LogP contribution in [-0.2, 0) is 17.9 Å². The molecule has 3 aromatic rings. The van der Waals surface area contributed by atoms with Gasteiger partial charge in [0.25, 0.3) is 5.56 Å². The summed E-state index contributed by atoms with van der Waals surface area (Å²) in [5, 5.41) is 16.9. The third kappa shape index (κ3) is 5.02. The van der Waals surface area contributed by atoms with Gasteiger partial charge in [0, 0.05) is 19.5 Å². The standard InChI is InChI=1S/C18H19Cl2N5O3/c19-12-6-5-11(8-13(12)20)9-21-18-23-14-10-22-25(16(14)17(28)24-18)7-3-1-2-4-15(26)27/h5-6,8,10H,1-4,7,9H2,(H,26,27)(H2,21,23,24,28). The molecule has 0 aliphatic heterocycles. The van der Waals surface area contributed by atoms with E-state index in [1.165, 1.54) is 0 Å². The summed E-state index contributed by atoms with van der Waals surface area (Å²) in [5.41, 5.74) is 1.50. The zero-order valence-corrected chi connectivity index (χ0v) is 16.4. The first kappa shape index (κ1) is 20.2. The first-order valence-corrected chi connectivity index (χ1v) is 9.55. The van der Waals surface area contributed by atoms with Crippen LogP contribution in [0.5, 0.6) is 0 Å². The summed E-state index contributed by atoms with van der Waals surface area (Å²) in [5.74, 6) is -0.462. The third-order valence-electron chi connectivity index (χ3n) is 4.20. The summed E-state index contributed by atoms with van der Waals surface area (Å²) < 4.78 is 1.60. The van der Waals surface area contributed by atoms with Crippen LogP contribution in [0.3, 0.4) is 0 Å². The monoisotopic (exact) mass is 423 g/mol. The second-order valence-electron chi connectivity index (χ2n) is 6.32. The number of H-pyrrole nitrogens is 1. The summed E-state index contributed by atoms with van der Waals surface area (Å²) >= 11 is 11.9. The number of benzene rings is 1. The molecule has 0 amide bonds. The average molecular weight is 424 g/mol. The SMILES string of the molecule is O=C(O)CCCCCn1ncc2nc(NCc3ccc(Cl)c(Cl)c3)[nH]c(=O)c21. The van der Waals surface area contributed by atoms with Crippen LogP contribution in [0.4, 0.5) is 5.95 Å². The quantitative estimate of drug-likeness (QED) is 0.452. The molecule has 0 saturated heterocycles. The van der Waals surface area contributed by atoms with Gasteiger partial charge in [0.1, 0.15) is 5.52 Å². The Bertz CT molecular complexity index is 1050. The van der Waals surface area contributed by atoms with E-state index in [4.69, 9.17) is 28.3 Å². The van der Waals surface area contributed by atoms with Crippen molar-refractivity contribution < 1.29 is 9.90 Å². The number of rotatable bonds is 9. The third-order valence-corrected chi connectivity index (χ3v) is 4.94. The Balaban J connectivity index is 1.65. The topological polar surface area (TPSA) is 113 Å². The summed E-state index contributed by atoms with van der Waals surface area (Å²) in [6.07, 6.45) is 3.79. The van der Waals surface area contributed by atoms with Crippen molar-refractivity contribution in [2.45, 2.75) is 38.8 Å². The van der Waals surface area contributed by atoms with Crippen molar-refractivity contribution in [2.24, 2.45) is 0 Å². The molecule has 1 aromatic carbocycles. The highest BCUT2D eigenvalue weighted by Crippen LogP contribution is 2.22. The zero-order valence-electron chi connectivity index (χ0n) is 14.9. The molecule has 0 aliphatic rings. The smallest absolute Gasteiger partial charge is 0.303 e. The van der Waals surface area contributed by atoms with Gasteiger partial charge < -0.3 is 10.4 Å². The molecule has 0 radical (unpaired) electrons. The highest BCUT2D eigenvalue weighted by Gasteiger charge is 2.10.